The quantitative estimate of drug-likeness (QED) is 0.685. The number of rotatable bonds is 8. The molecule has 0 unspecified atom stereocenters. The molecule has 1 saturated heterocycles. The van der Waals surface area contributed by atoms with E-state index in [1.807, 2.05) is 0 Å². The number of nitrogens with one attached hydrogen (secondary N) is 1. The Kier molecular flexibility index (Phi) is 7.00. The maximum atomic E-state index is 13.8. The Morgan fingerprint density at radius 2 is 1.86 bits per heavy atom. The van der Waals surface area contributed by atoms with Gasteiger partial charge in [0.15, 0.2) is 0 Å². The standard InChI is InChI=1S/C21H26FN3O3S/c22-20-11-5-4-7-16(20)13-17(23)14-21(26)25-12-6-8-18(25)15-24-29(27,28)19-9-2-1-3-10-19/h1-5,7,9-11,17-18,24H,6,8,12-15,23H2/t17-,18+/m1/s1. The molecule has 1 aliphatic rings. The monoisotopic (exact) mass is 419 g/mol. The summed E-state index contributed by atoms with van der Waals surface area (Å²) in [7, 11) is -3.62. The van der Waals surface area contributed by atoms with Crippen LogP contribution in [0.25, 0.3) is 0 Å². The highest BCUT2D eigenvalue weighted by Crippen LogP contribution is 2.20. The van der Waals surface area contributed by atoms with Gasteiger partial charge >= 0.3 is 0 Å². The maximum Gasteiger partial charge on any atom is 0.240 e. The Morgan fingerprint density at radius 3 is 2.59 bits per heavy atom. The van der Waals surface area contributed by atoms with Crippen molar-refractivity contribution in [2.24, 2.45) is 5.73 Å². The second-order valence-electron chi connectivity index (χ2n) is 7.31. The third-order valence-corrected chi connectivity index (χ3v) is 6.58. The minimum Gasteiger partial charge on any atom is -0.338 e. The summed E-state index contributed by atoms with van der Waals surface area (Å²) in [6.07, 6.45) is 1.91. The molecule has 0 spiro atoms. The van der Waals surface area contributed by atoms with Gasteiger partial charge in [-0.3, -0.25) is 4.79 Å². The minimum atomic E-state index is -3.62. The van der Waals surface area contributed by atoms with Crippen molar-refractivity contribution in [1.82, 2.24) is 9.62 Å². The molecule has 1 fully saturated rings. The predicted molar refractivity (Wildman–Crippen MR) is 109 cm³/mol. The zero-order chi connectivity index (χ0) is 20.9. The molecule has 6 nitrogen and oxygen atoms in total. The van der Waals surface area contributed by atoms with Gasteiger partial charge in [0.1, 0.15) is 5.82 Å². The van der Waals surface area contributed by atoms with Crippen LogP contribution in [0.2, 0.25) is 0 Å². The van der Waals surface area contributed by atoms with Crippen molar-refractivity contribution in [3.05, 3.63) is 66.0 Å². The van der Waals surface area contributed by atoms with E-state index in [1.165, 1.54) is 18.2 Å². The van der Waals surface area contributed by atoms with E-state index in [0.717, 1.165) is 12.8 Å². The lowest BCUT2D eigenvalue weighted by Crippen LogP contribution is -2.44. The molecule has 2 aromatic carbocycles. The van der Waals surface area contributed by atoms with E-state index in [-0.39, 0.29) is 42.0 Å². The number of halogens is 1. The van der Waals surface area contributed by atoms with Crippen LogP contribution in [0.1, 0.15) is 24.8 Å². The van der Waals surface area contributed by atoms with Crippen LogP contribution in [0, 0.1) is 5.82 Å². The number of hydrogen-bond acceptors (Lipinski definition) is 4. The van der Waals surface area contributed by atoms with E-state index in [1.54, 1.807) is 41.3 Å². The molecule has 0 aromatic heterocycles. The fraction of sp³-hybridized carbons (Fsp3) is 0.381. The summed E-state index contributed by atoms with van der Waals surface area (Å²) in [5.74, 6) is -0.458. The van der Waals surface area contributed by atoms with Crippen molar-refractivity contribution < 1.29 is 17.6 Å². The van der Waals surface area contributed by atoms with Crippen molar-refractivity contribution >= 4 is 15.9 Å². The molecular formula is C21H26FN3O3S. The van der Waals surface area contributed by atoms with Gasteiger partial charge in [0.25, 0.3) is 0 Å². The first-order chi connectivity index (χ1) is 13.9. The van der Waals surface area contributed by atoms with Crippen LogP contribution in [0.3, 0.4) is 0 Å². The molecule has 3 N–H and O–H groups in total. The Labute approximate surface area is 171 Å². The van der Waals surface area contributed by atoms with Crippen LogP contribution >= 0.6 is 0 Å². The van der Waals surface area contributed by atoms with E-state index in [4.69, 9.17) is 5.73 Å². The van der Waals surface area contributed by atoms with Gasteiger partial charge < -0.3 is 10.6 Å². The van der Waals surface area contributed by atoms with Crippen LogP contribution in [0.15, 0.2) is 59.5 Å². The number of hydrogen-bond donors (Lipinski definition) is 2. The molecule has 156 valence electrons. The first kappa shape index (κ1) is 21.4. The van der Waals surface area contributed by atoms with Crippen molar-refractivity contribution in [3.8, 4) is 0 Å². The van der Waals surface area contributed by atoms with Crippen LogP contribution < -0.4 is 10.5 Å². The molecule has 0 bridgehead atoms. The Hall–Kier alpha value is -2.29. The SMILES string of the molecule is N[C@@H](CC(=O)N1CCC[C@H]1CNS(=O)(=O)c1ccccc1)Cc1ccccc1F. The topological polar surface area (TPSA) is 92.5 Å². The van der Waals surface area contributed by atoms with E-state index < -0.39 is 16.1 Å². The zero-order valence-electron chi connectivity index (χ0n) is 16.1. The fourth-order valence-electron chi connectivity index (χ4n) is 3.63. The van der Waals surface area contributed by atoms with Crippen molar-refractivity contribution in [2.75, 3.05) is 13.1 Å². The van der Waals surface area contributed by atoms with Crippen molar-refractivity contribution in [3.63, 3.8) is 0 Å². The Morgan fingerprint density at radius 1 is 1.17 bits per heavy atom. The molecule has 1 amide bonds. The summed E-state index contributed by atoms with van der Waals surface area (Å²) in [6, 6.07) is 13.8. The minimum absolute atomic E-state index is 0.0935. The first-order valence-corrected chi connectivity index (χ1v) is 11.2. The molecular weight excluding hydrogens is 393 g/mol. The van der Waals surface area contributed by atoms with Gasteiger partial charge in [0.2, 0.25) is 15.9 Å². The largest absolute Gasteiger partial charge is 0.338 e. The van der Waals surface area contributed by atoms with Crippen molar-refractivity contribution in [1.29, 1.82) is 0 Å². The summed E-state index contributed by atoms with van der Waals surface area (Å²) >= 11 is 0. The van der Waals surface area contributed by atoms with E-state index in [0.29, 0.717) is 12.1 Å². The van der Waals surface area contributed by atoms with Crippen LogP contribution in [0.5, 0.6) is 0 Å². The number of likely N-dealkylation sites (tertiary alicyclic amines) is 1. The van der Waals surface area contributed by atoms with Crippen LogP contribution in [0.4, 0.5) is 4.39 Å². The maximum absolute atomic E-state index is 13.8. The zero-order valence-corrected chi connectivity index (χ0v) is 16.9. The molecule has 0 saturated carbocycles. The summed E-state index contributed by atoms with van der Waals surface area (Å²) in [4.78, 5) is 14.6. The molecule has 2 aromatic rings. The average molecular weight is 420 g/mol. The third kappa shape index (κ3) is 5.62. The van der Waals surface area contributed by atoms with Gasteiger partial charge in [-0.05, 0) is 43.0 Å². The highest BCUT2D eigenvalue weighted by Gasteiger charge is 2.30. The van der Waals surface area contributed by atoms with Crippen LogP contribution in [-0.2, 0) is 21.2 Å². The summed E-state index contributed by atoms with van der Waals surface area (Å²) in [5, 5.41) is 0. The molecule has 2 atom stereocenters. The number of carbonyl (C=O) groups excluding carboxylic acids is 1. The smallest absolute Gasteiger partial charge is 0.240 e. The van der Waals surface area contributed by atoms with E-state index in [2.05, 4.69) is 4.72 Å². The number of amides is 1. The second kappa shape index (κ2) is 9.47. The van der Waals surface area contributed by atoms with Crippen molar-refractivity contribution in [2.45, 2.75) is 42.7 Å². The molecule has 1 aliphatic heterocycles. The molecule has 1 heterocycles. The van der Waals surface area contributed by atoms with Gasteiger partial charge in [-0.15, -0.1) is 0 Å². The molecule has 3 rings (SSSR count). The summed E-state index contributed by atoms with van der Waals surface area (Å²) in [5.41, 5.74) is 6.57. The molecule has 0 aliphatic carbocycles. The van der Waals surface area contributed by atoms with Gasteiger partial charge in [-0.2, -0.15) is 0 Å². The molecule has 8 heteroatoms. The lowest BCUT2D eigenvalue weighted by atomic mass is 10.0. The summed E-state index contributed by atoms with van der Waals surface area (Å²) in [6.45, 7) is 0.731. The van der Waals surface area contributed by atoms with Gasteiger partial charge in [-0.1, -0.05) is 36.4 Å². The highest BCUT2D eigenvalue weighted by atomic mass is 32.2. The predicted octanol–water partition coefficient (Wildman–Crippen LogP) is 2.06. The first-order valence-electron chi connectivity index (χ1n) is 9.70. The van der Waals surface area contributed by atoms with E-state index in [9.17, 15) is 17.6 Å². The van der Waals surface area contributed by atoms with Gasteiger partial charge in [0.05, 0.1) is 4.90 Å². The number of nitrogens with zero attached hydrogens (tertiary/aromatic N) is 1. The fourth-order valence-corrected chi connectivity index (χ4v) is 4.72. The lowest BCUT2D eigenvalue weighted by molar-refractivity contribution is -0.132. The van der Waals surface area contributed by atoms with Gasteiger partial charge in [-0.25, -0.2) is 17.5 Å². The number of benzene rings is 2. The third-order valence-electron chi connectivity index (χ3n) is 5.14. The van der Waals surface area contributed by atoms with E-state index >= 15 is 0 Å². The number of sulfonamides is 1. The highest BCUT2D eigenvalue weighted by molar-refractivity contribution is 7.89. The Bertz CT molecular complexity index is 937. The molecule has 0 radical (unpaired) electrons. The lowest BCUT2D eigenvalue weighted by Gasteiger charge is -2.26. The normalized spacial score (nSPS) is 18.0. The Balaban J connectivity index is 1.56. The van der Waals surface area contributed by atoms with Gasteiger partial charge in [0, 0.05) is 31.6 Å². The number of carbonyl (C=O) groups is 1. The molecule has 29 heavy (non-hydrogen) atoms. The second-order valence-corrected chi connectivity index (χ2v) is 9.07. The average Bonchev–Trinajstić information content (AvgIpc) is 3.18. The summed E-state index contributed by atoms with van der Waals surface area (Å²) < 4.78 is 41.2. The van der Waals surface area contributed by atoms with Crippen LogP contribution in [-0.4, -0.2) is 44.4 Å². The number of nitrogens with two attached hydrogens (primary N) is 1.